The first-order valence-electron chi connectivity index (χ1n) is 7.68. The van der Waals surface area contributed by atoms with Gasteiger partial charge in [0.1, 0.15) is 0 Å². The molecule has 0 aliphatic heterocycles. The monoisotopic (exact) mass is 291 g/mol. The first-order valence-corrected chi connectivity index (χ1v) is 7.68. The molecule has 1 amide bonds. The van der Waals surface area contributed by atoms with E-state index in [1.165, 1.54) is 37.9 Å². The smallest absolute Gasteiger partial charge is 0.256 e. The van der Waals surface area contributed by atoms with Crippen LogP contribution in [0, 0.1) is 23.6 Å². The highest BCUT2D eigenvalue weighted by Gasteiger charge is 2.40. The van der Waals surface area contributed by atoms with Gasteiger partial charge in [-0.15, -0.1) is 0 Å². The van der Waals surface area contributed by atoms with E-state index in [4.69, 9.17) is 0 Å². The van der Waals surface area contributed by atoms with Crippen molar-refractivity contribution in [3.63, 3.8) is 0 Å². The number of hydrogen-bond donors (Lipinski definition) is 1. The van der Waals surface area contributed by atoms with E-state index in [1.54, 1.807) is 19.0 Å². The van der Waals surface area contributed by atoms with Gasteiger partial charge < -0.3 is 10.2 Å². The molecule has 2 bridgehead atoms. The molecule has 0 saturated heterocycles. The summed E-state index contributed by atoms with van der Waals surface area (Å²) in [7, 11) is 3.37. The summed E-state index contributed by atoms with van der Waals surface area (Å²) in [5, 5.41) is 2.67. The van der Waals surface area contributed by atoms with Gasteiger partial charge in [0.15, 0.2) is 11.6 Å². The summed E-state index contributed by atoms with van der Waals surface area (Å²) >= 11 is 0. The van der Waals surface area contributed by atoms with Crippen molar-refractivity contribution in [2.75, 3.05) is 26.0 Å². The van der Waals surface area contributed by atoms with Crippen molar-refractivity contribution in [3.05, 3.63) is 23.6 Å². The van der Waals surface area contributed by atoms with Gasteiger partial charge in [0.05, 0.1) is 5.56 Å². The first-order chi connectivity index (χ1) is 10.1. The third kappa shape index (κ3) is 2.61. The summed E-state index contributed by atoms with van der Waals surface area (Å²) in [4.78, 5) is 18.0. The van der Waals surface area contributed by atoms with Crippen molar-refractivity contribution in [2.45, 2.75) is 25.7 Å². The Hall–Kier alpha value is -1.65. The van der Waals surface area contributed by atoms with E-state index < -0.39 is 5.82 Å². The molecule has 0 spiro atoms. The van der Waals surface area contributed by atoms with Crippen molar-refractivity contribution in [1.82, 2.24) is 9.88 Å². The Morgan fingerprint density at radius 1 is 1.48 bits per heavy atom. The molecule has 114 valence electrons. The lowest BCUT2D eigenvalue weighted by Gasteiger charge is -2.27. The maximum absolute atomic E-state index is 14.2. The number of carbonyl (C=O) groups excluding carboxylic acids is 1. The molecule has 2 fully saturated rings. The second-order valence-corrected chi connectivity index (χ2v) is 6.39. The number of rotatable bonds is 4. The van der Waals surface area contributed by atoms with E-state index in [9.17, 15) is 9.18 Å². The molecule has 1 aromatic heterocycles. The number of nitrogens with one attached hydrogen (secondary N) is 1. The largest absolute Gasteiger partial charge is 0.371 e. The maximum atomic E-state index is 14.2. The van der Waals surface area contributed by atoms with E-state index in [2.05, 4.69) is 10.3 Å². The highest BCUT2D eigenvalue weighted by Crippen LogP contribution is 2.48. The Bertz CT molecular complexity index is 548. The Balaban J connectivity index is 1.70. The number of aromatic nitrogens is 1. The van der Waals surface area contributed by atoms with Gasteiger partial charge in [-0.05, 0) is 43.1 Å². The molecular formula is C16H22FN3O. The van der Waals surface area contributed by atoms with E-state index in [0.717, 1.165) is 18.4 Å². The molecule has 5 heteroatoms. The quantitative estimate of drug-likeness (QED) is 0.928. The number of carbonyl (C=O) groups is 1. The SMILES string of the molecule is CNc1nccc(C(=O)N(C)CC2CC3CCC2C3)c1F. The highest BCUT2D eigenvalue weighted by atomic mass is 19.1. The van der Waals surface area contributed by atoms with Crippen molar-refractivity contribution in [1.29, 1.82) is 0 Å². The summed E-state index contributed by atoms with van der Waals surface area (Å²) in [5.74, 6) is 1.51. The molecule has 3 rings (SSSR count). The zero-order valence-electron chi connectivity index (χ0n) is 12.6. The molecule has 3 unspecified atom stereocenters. The lowest BCUT2D eigenvalue weighted by molar-refractivity contribution is 0.0749. The second-order valence-electron chi connectivity index (χ2n) is 6.39. The number of halogens is 1. The topological polar surface area (TPSA) is 45.2 Å². The minimum Gasteiger partial charge on any atom is -0.371 e. The lowest BCUT2D eigenvalue weighted by atomic mass is 9.88. The molecule has 1 N–H and O–H groups in total. The molecule has 1 heterocycles. The summed E-state index contributed by atoms with van der Waals surface area (Å²) < 4.78 is 14.2. The van der Waals surface area contributed by atoms with E-state index in [1.807, 2.05) is 0 Å². The minimum absolute atomic E-state index is 0.0972. The minimum atomic E-state index is -0.565. The van der Waals surface area contributed by atoms with Crippen LogP contribution < -0.4 is 5.32 Å². The molecule has 3 atom stereocenters. The van der Waals surface area contributed by atoms with Gasteiger partial charge >= 0.3 is 0 Å². The average Bonchev–Trinajstić information content (AvgIpc) is 3.09. The van der Waals surface area contributed by atoms with Crippen molar-refractivity contribution < 1.29 is 9.18 Å². The van der Waals surface area contributed by atoms with Gasteiger partial charge in [-0.3, -0.25) is 4.79 Å². The van der Waals surface area contributed by atoms with Crippen LogP contribution in [0.5, 0.6) is 0 Å². The summed E-state index contributed by atoms with van der Waals surface area (Å²) in [5.41, 5.74) is 0.0972. The number of fused-ring (bicyclic) bond motifs is 2. The maximum Gasteiger partial charge on any atom is 0.256 e. The van der Waals surface area contributed by atoms with Crippen LogP contribution in [0.3, 0.4) is 0 Å². The number of amides is 1. The molecule has 2 aliphatic rings. The molecular weight excluding hydrogens is 269 g/mol. The predicted octanol–water partition coefficient (Wildman–Crippen LogP) is 2.77. The standard InChI is InChI=1S/C16H22FN3O/c1-18-15-14(17)13(5-6-19-15)16(21)20(2)9-12-8-10-3-4-11(12)7-10/h5-6,10-12H,3-4,7-9H2,1-2H3,(H,18,19). The third-order valence-corrected chi connectivity index (χ3v) is 5.10. The molecule has 2 aliphatic carbocycles. The molecule has 0 radical (unpaired) electrons. The summed E-state index contributed by atoms with van der Waals surface area (Å²) in [6.45, 7) is 0.733. The lowest BCUT2D eigenvalue weighted by Crippen LogP contribution is -2.34. The summed E-state index contributed by atoms with van der Waals surface area (Å²) in [6, 6.07) is 1.45. The second kappa shape index (κ2) is 5.62. The van der Waals surface area contributed by atoms with Crippen LogP contribution in [-0.4, -0.2) is 36.4 Å². The van der Waals surface area contributed by atoms with Gasteiger partial charge in [0, 0.05) is 26.8 Å². The Morgan fingerprint density at radius 3 is 2.90 bits per heavy atom. The highest BCUT2D eigenvalue weighted by molar-refractivity contribution is 5.95. The van der Waals surface area contributed by atoms with Crippen LogP contribution in [0.4, 0.5) is 10.2 Å². The van der Waals surface area contributed by atoms with Crippen LogP contribution in [0.2, 0.25) is 0 Å². The Labute approximate surface area is 124 Å². The molecule has 21 heavy (non-hydrogen) atoms. The third-order valence-electron chi connectivity index (χ3n) is 5.10. The van der Waals surface area contributed by atoms with Crippen LogP contribution in [0.1, 0.15) is 36.0 Å². The molecule has 1 aromatic rings. The van der Waals surface area contributed by atoms with Gasteiger partial charge in [0.2, 0.25) is 0 Å². The molecule has 0 aromatic carbocycles. The van der Waals surface area contributed by atoms with Gasteiger partial charge in [-0.25, -0.2) is 9.37 Å². The number of pyridine rings is 1. The van der Waals surface area contributed by atoms with E-state index in [0.29, 0.717) is 5.92 Å². The fraction of sp³-hybridized carbons (Fsp3) is 0.625. The Kier molecular flexibility index (Phi) is 3.83. The predicted molar refractivity (Wildman–Crippen MR) is 79.6 cm³/mol. The van der Waals surface area contributed by atoms with Gasteiger partial charge in [-0.1, -0.05) is 6.42 Å². The van der Waals surface area contributed by atoms with Gasteiger partial charge in [0.25, 0.3) is 5.91 Å². The Morgan fingerprint density at radius 2 is 2.29 bits per heavy atom. The zero-order valence-corrected chi connectivity index (χ0v) is 12.6. The first kappa shape index (κ1) is 14.3. The van der Waals surface area contributed by atoms with Crippen LogP contribution in [0.15, 0.2) is 12.3 Å². The van der Waals surface area contributed by atoms with Crippen LogP contribution in [-0.2, 0) is 0 Å². The summed E-state index contributed by atoms with van der Waals surface area (Å²) in [6.07, 6.45) is 6.66. The van der Waals surface area contributed by atoms with Crippen molar-refractivity contribution in [3.8, 4) is 0 Å². The van der Waals surface area contributed by atoms with E-state index >= 15 is 0 Å². The van der Waals surface area contributed by atoms with Crippen LogP contribution >= 0.6 is 0 Å². The zero-order chi connectivity index (χ0) is 15.0. The number of nitrogens with zero attached hydrogens (tertiary/aromatic N) is 2. The van der Waals surface area contributed by atoms with Crippen molar-refractivity contribution >= 4 is 11.7 Å². The molecule has 2 saturated carbocycles. The average molecular weight is 291 g/mol. The molecule has 4 nitrogen and oxygen atoms in total. The van der Waals surface area contributed by atoms with Gasteiger partial charge in [-0.2, -0.15) is 0 Å². The normalized spacial score (nSPS) is 26.9. The fourth-order valence-electron chi connectivity index (χ4n) is 4.02. The van der Waals surface area contributed by atoms with Crippen molar-refractivity contribution in [2.24, 2.45) is 17.8 Å². The van der Waals surface area contributed by atoms with Crippen LogP contribution in [0.25, 0.3) is 0 Å². The fourth-order valence-corrected chi connectivity index (χ4v) is 4.02. The number of anilines is 1. The van der Waals surface area contributed by atoms with E-state index in [-0.39, 0.29) is 17.3 Å². The number of hydrogen-bond acceptors (Lipinski definition) is 3.